The predicted molar refractivity (Wildman–Crippen MR) is 93.1 cm³/mol. The van der Waals surface area contributed by atoms with Crippen LogP contribution in [-0.4, -0.2) is 16.1 Å². The van der Waals surface area contributed by atoms with Gasteiger partial charge in [-0.2, -0.15) is 0 Å². The van der Waals surface area contributed by atoms with E-state index in [-0.39, 0.29) is 0 Å². The topological polar surface area (TPSA) is 50.2 Å². The molecule has 0 radical (unpaired) electrons. The highest BCUT2D eigenvalue weighted by molar-refractivity contribution is 6.05. The van der Waals surface area contributed by atoms with Gasteiger partial charge in [-0.15, -0.1) is 0 Å². The number of carbonyl (C=O) groups is 1. The number of aryl methyl sites for hydroxylation is 4. The van der Waals surface area contributed by atoms with E-state index in [9.17, 15) is 9.90 Å². The summed E-state index contributed by atoms with van der Waals surface area (Å²) in [6, 6.07) is 11.7. The predicted octanol–water partition coefficient (Wildman–Crippen LogP) is 4.83. The lowest BCUT2D eigenvalue weighted by molar-refractivity contribution is 0.0699. The zero-order valence-electron chi connectivity index (χ0n) is 13.8. The van der Waals surface area contributed by atoms with Crippen LogP contribution in [0, 0.1) is 27.7 Å². The fourth-order valence-electron chi connectivity index (χ4n) is 2.97. The van der Waals surface area contributed by atoms with E-state index in [4.69, 9.17) is 4.98 Å². The molecule has 0 fully saturated rings. The van der Waals surface area contributed by atoms with Gasteiger partial charge in [-0.1, -0.05) is 18.2 Å². The highest BCUT2D eigenvalue weighted by Gasteiger charge is 2.15. The Kier molecular flexibility index (Phi) is 3.64. The first kappa shape index (κ1) is 15.2. The minimum absolute atomic E-state index is 0.306. The Balaban J connectivity index is 2.34. The van der Waals surface area contributed by atoms with Crippen LogP contribution in [0.25, 0.3) is 22.2 Å². The van der Waals surface area contributed by atoms with E-state index in [2.05, 4.69) is 13.0 Å². The Bertz CT molecular complexity index is 942. The Labute approximate surface area is 135 Å². The molecule has 0 saturated heterocycles. The zero-order valence-corrected chi connectivity index (χ0v) is 13.8. The van der Waals surface area contributed by atoms with Crippen LogP contribution in [0.1, 0.15) is 32.6 Å². The van der Waals surface area contributed by atoms with Gasteiger partial charge in [0.25, 0.3) is 0 Å². The van der Waals surface area contributed by atoms with E-state index in [1.165, 1.54) is 11.1 Å². The minimum Gasteiger partial charge on any atom is -0.478 e. The number of nitrogens with zero attached hydrogens (tertiary/aromatic N) is 1. The Morgan fingerprint density at radius 2 is 1.65 bits per heavy atom. The molecule has 23 heavy (non-hydrogen) atoms. The van der Waals surface area contributed by atoms with Crippen LogP contribution >= 0.6 is 0 Å². The van der Waals surface area contributed by atoms with E-state index in [1.54, 1.807) is 6.07 Å². The van der Waals surface area contributed by atoms with Gasteiger partial charge in [0.15, 0.2) is 0 Å². The van der Waals surface area contributed by atoms with Crippen LogP contribution in [0.4, 0.5) is 0 Å². The molecule has 0 saturated carbocycles. The molecule has 3 heteroatoms. The number of carboxylic acids is 1. The molecule has 0 bridgehead atoms. The monoisotopic (exact) mass is 305 g/mol. The van der Waals surface area contributed by atoms with Crippen molar-refractivity contribution in [3.05, 3.63) is 64.2 Å². The van der Waals surface area contributed by atoms with E-state index in [0.29, 0.717) is 11.3 Å². The molecule has 0 spiro atoms. The van der Waals surface area contributed by atoms with Crippen molar-refractivity contribution in [3.8, 4) is 11.3 Å². The molecular weight excluding hydrogens is 286 g/mol. The van der Waals surface area contributed by atoms with Crippen LogP contribution in [0.5, 0.6) is 0 Å². The second-order valence-electron chi connectivity index (χ2n) is 6.14. The molecule has 0 aliphatic heterocycles. The van der Waals surface area contributed by atoms with Gasteiger partial charge in [-0.3, -0.25) is 0 Å². The summed E-state index contributed by atoms with van der Waals surface area (Å²) in [7, 11) is 0. The number of aromatic nitrogens is 1. The van der Waals surface area contributed by atoms with Gasteiger partial charge in [-0.05, 0) is 68.1 Å². The maximum atomic E-state index is 11.7. The summed E-state index contributed by atoms with van der Waals surface area (Å²) < 4.78 is 0. The maximum absolute atomic E-state index is 11.7. The first-order valence-electron chi connectivity index (χ1n) is 7.60. The molecular formula is C20H19NO2. The second-order valence-corrected chi connectivity index (χ2v) is 6.14. The Hall–Kier alpha value is -2.68. The SMILES string of the molecule is Cc1cc(C)c2c(C(=O)O)cc(-c3ccc(C)c(C)c3)nc2c1. The number of fused-ring (bicyclic) bond motifs is 1. The molecule has 0 aliphatic carbocycles. The quantitative estimate of drug-likeness (QED) is 0.737. The van der Waals surface area contributed by atoms with Crippen LogP contribution in [0.3, 0.4) is 0 Å². The molecule has 3 aromatic rings. The minimum atomic E-state index is -0.922. The van der Waals surface area contributed by atoms with Gasteiger partial charge in [-0.25, -0.2) is 9.78 Å². The molecule has 2 aromatic carbocycles. The first-order valence-corrected chi connectivity index (χ1v) is 7.60. The molecule has 0 aliphatic rings. The molecule has 1 aromatic heterocycles. The zero-order chi connectivity index (χ0) is 16.7. The van der Waals surface area contributed by atoms with E-state index >= 15 is 0 Å². The summed E-state index contributed by atoms with van der Waals surface area (Å²) in [4.78, 5) is 16.4. The third kappa shape index (κ3) is 2.70. The molecule has 0 unspecified atom stereocenters. The van der Waals surface area contributed by atoms with Crippen molar-refractivity contribution in [2.75, 3.05) is 0 Å². The molecule has 3 rings (SSSR count). The van der Waals surface area contributed by atoms with Crippen LogP contribution in [0.15, 0.2) is 36.4 Å². The van der Waals surface area contributed by atoms with Gasteiger partial charge in [0.1, 0.15) is 0 Å². The van der Waals surface area contributed by atoms with Crippen molar-refractivity contribution in [2.45, 2.75) is 27.7 Å². The summed E-state index contributed by atoms with van der Waals surface area (Å²) in [5, 5.41) is 10.3. The highest BCUT2D eigenvalue weighted by Crippen LogP contribution is 2.29. The summed E-state index contributed by atoms with van der Waals surface area (Å²) in [6.45, 7) is 8.03. The number of hydrogen-bond acceptors (Lipinski definition) is 2. The number of aromatic carboxylic acids is 1. The number of benzene rings is 2. The summed E-state index contributed by atoms with van der Waals surface area (Å²) in [6.07, 6.45) is 0. The second kappa shape index (κ2) is 5.51. The normalized spacial score (nSPS) is 11.0. The molecule has 0 amide bonds. The van der Waals surface area contributed by atoms with Crippen molar-refractivity contribution >= 4 is 16.9 Å². The van der Waals surface area contributed by atoms with E-state index in [1.807, 2.05) is 45.0 Å². The average Bonchev–Trinajstić information content (AvgIpc) is 2.48. The Morgan fingerprint density at radius 1 is 0.913 bits per heavy atom. The fourth-order valence-corrected chi connectivity index (χ4v) is 2.97. The third-order valence-electron chi connectivity index (χ3n) is 4.28. The number of rotatable bonds is 2. The fraction of sp³-hybridized carbons (Fsp3) is 0.200. The lowest BCUT2D eigenvalue weighted by Crippen LogP contribution is -2.02. The van der Waals surface area contributed by atoms with Gasteiger partial charge >= 0.3 is 5.97 Å². The van der Waals surface area contributed by atoms with E-state index < -0.39 is 5.97 Å². The van der Waals surface area contributed by atoms with Crippen LogP contribution in [-0.2, 0) is 0 Å². The van der Waals surface area contributed by atoms with Gasteiger partial charge in [0, 0.05) is 10.9 Å². The number of hydrogen-bond donors (Lipinski definition) is 1. The van der Waals surface area contributed by atoms with Crippen molar-refractivity contribution in [2.24, 2.45) is 0 Å². The Morgan fingerprint density at radius 3 is 2.30 bits per heavy atom. The lowest BCUT2D eigenvalue weighted by Gasteiger charge is -2.11. The smallest absolute Gasteiger partial charge is 0.336 e. The molecule has 3 nitrogen and oxygen atoms in total. The van der Waals surface area contributed by atoms with Crippen molar-refractivity contribution in [1.29, 1.82) is 0 Å². The largest absolute Gasteiger partial charge is 0.478 e. The molecule has 1 N–H and O–H groups in total. The molecule has 1 heterocycles. The van der Waals surface area contributed by atoms with Gasteiger partial charge in [0.2, 0.25) is 0 Å². The molecule has 116 valence electrons. The van der Waals surface area contributed by atoms with E-state index in [0.717, 1.165) is 27.6 Å². The van der Waals surface area contributed by atoms with Gasteiger partial charge in [0.05, 0.1) is 16.8 Å². The first-order chi connectivity index (χ1) is 10.9. The van der Waals surface area contributed by atoms with Crippen LogP contribution < -0.4 is 0 Å². The van der Waals surface area contributed by atoms with Crippen molar-refractivity contribution in [3.63, 3.8) is 0 Å². The summed E-state index contributed by atoms with van der Waals surface area (Å²) in [5.41, 5.74) is 7.07. The van der Waals surface area contributed by atoms with Crippen molar-refractivity contribution in [1.82, 2.24) is 4.98 Å². The van der Waals surface area contributed by atoms with Crippen molar-refractivity contribution < 1.29 is 9.90 Å². The molecule has 0 atom stereocenters. The highest BCUT2D eigenvalue weighted by atomic mass is 16.4. The third-order valence-corrected chi connectivity index (χ3v) is 4.28. The lowest BCUT2D eigenvalue weighted by atomic mass is 9.98. The van der Waals surface area contributed by atoms with Crippen LogP contribution in [0.2, 0.25) is 0 Å². The summed E-state index contributed by atoms with van der Waals surface area (Å²) >= 11 is 0. The van der Waals surface area contributed by atoms with Gasteiger partial charge < -0.3 is 5.11 Å². The number of pyridine rings is 1. The number of carboxylic acid groups (broad SMARTS) is 1. The average molecular weight is 305 g/mol. The standard InChI is InChI=1S/C20H19NO2/c1-11-7-14(4)19-16(20(22)23)10-17(21-18(19)8-11)15-6-5-12(2)13(3)9-15/h5-10H,1-4H3,(H,22,23). The maximum Gasteiger partial charge on any atom is 0.336 e. The summed E-state index contributed by atoms with van der Waals surface area (Å²) in [5.74, 6) is -0.922.